The summed E-state index contributed by atoms with van der Waals surface area (Å²) in [5.74, 6) is 2.51. The molecule has 0 N–H and O–H groups in total. The Hall–Kier alpha value is -0.670. The van der Waals surface area contributed by atoms with Crippen LogP contribution in [0.2, 0.25) is 0 Å². The van der Waals surface area contributed by atoms with Gasteiger partial charge in [0.15, 0.2) is 0 Å². The lowest BCUT2D eigenvalue weighted by Gasteiger charge is -2.54. The van der Waals surface area contributed by atoms with Crippen molar-refractivity contribution >= 4 is 11.6 Å². The highest BCUT2D eigenvalue weighted by Gasteiger charge is 2.46. The highest BCUT2D eigenvalue weighted by atomic mass is 35.5. The molecule has 4 heteroatoms. The molecule has 0 saturated carbocycles. The van der Waals surface area contributed by atoms with E-state index in [0.29, 0.717) is 24.3 Å². The normalized spacial score (nSPS) is 30.5. The smallest absolute Gasteiger partial charge is 0.138 e. The van der Waals surface area contributed by atoms with E-state index in [1.54, 1.807) is 0 Å². The van der Waals surface area contributed by atoms with Gasteiger partial charge in [-0.25, -0.2) is 0 Å². The topological polar surface area (TPSA) is 21.7 Å². The molecule has 2 aliphatic rings. The average molecular weight is 328 g/mol. The minimum Gasteiger partial charge on any atom is -0.492 e. The summed E-state index contributed by atoms with van der Waals surface area (Å²) in [6, 6.07) is 0. The molecule has 1 fully saturated rings. The second kappa shape index (κ2) is 7.27. The number of halogens is 1. The van der Waals surface area contributed by atoms with Crippen molar-refractivity contribution in [1.82, 2.24) is 4.90 Å². The van der Waals surface area contributed by atoms with Crippen LogP contribution in [0.5, 0.6) is 0 Å². The molecule has 0 aromatic rings. The van der Waals surface area contributed by atoms with E-state index in [1.807, 2.05) is 6.92 Å². The molecular formula is C18H30ClNO2. The number of fused-ring (bicyclic) bond motifs is 1. The zero-order valence-electron chi connectivity index (χ0n) is 14.6. The standard InChI is InChI=1S/C18H30ClNO2/c1-6-21-14-8-9-15(22-7-2)17-16(14)13(3)12-18(4,5)20(17)11-10-19/h8-9,13-14,16H,6-7,10-12H2,1-5H3. The average Bonchev–Trinajstić information content (AvgIpc) is 2.45. The van der Waals surface area contributed by atoms with Crippen LogP contribution in [0.25, 0.3) is 0 Å². The van der Waals surface area contributed by atoms with E-state index >= 15 is 0 Å². The van der Waals surface area contributed by atoms with Crippen LogP contribution in [0.1, 0.15) is 41.0 Å². The third-order valence-electron chi connectivity index (χ3n) is 4.78. The largest absolute Gasteiger partial charge is 0.492 e. The van der Waals surface area contributed by atoms with Gasteiger partial charge in [0.1, 0.15) is 5.76 Å². The Balaban J connectivity index is 2.47. The summed E-state index contributed by atoms with van der Waals surface area (Å²) >= 11 is 6.10. The van der Waals surface area contributed by atoms with E-state index < -0.39 is 0 Å². The van der Waals surface area contributed by atoms with Crippen LogP contribution >= 0.6 is 11.6 Å². The molecule has 1 aliphatic heterocycles. The van der Waals surface area contributed by atoms with E-state index in [1.165, 1.54) is 5.70 Å². The predicted molar refractivity (Wildman–Crippen MR) is 92.0 cm³/mol. The Morgan fingerprint density at radius 2 is 2.05 bits per heavy atom. The van der Waals surface area contributed by atoms with Crippen LogP contribution < -0.4 is 0 Å². The van der Waals surface area contributed by atoms with Crippen LogP contribution in [0.15, 0.2) is 23.6 Å². The fraction of sp³-hybridized carbons (Fsp3) is 0.778. The van der Waals surface area contributed by atoms with Crippen molar-refractivity contribution < 1.29 is 9.47 Å². The van der Waals surface area contributed by atoms with Gasteiger partial charge < -0.3 is 14.4 Å². The molecule has 3 atom stereocenters. The van der Waals surface area contributed by atoms with Crippen molar-refractivity contribution in [2.24, 2.45) is 11.8 Å². The summed E-state index contributed by atoms with van der Waals surface area (Å²) in [4.78, 5) is 2.45. The summed E-state index contributed by atoms with van der Waals surface area (Å²) in [7, 11) is 0. The highest BCUT2D eigenvalue weighted by Crippen LogP contribution is 2.46. The lowest BCUT2D eigenvalue weighted by molar-refractivity contribution is -0.0212. The van der Waals surface area contributed by atoms with Crippen LogP contribution in [-0.2, 0) is 9.47 Å². The Morgan fingerprint density at radius 1 is 1.32 bits per heavy atom. The van der Waals surface area contributed by atoms with Gasteiger partial charge in [0.25, 0.3) is 0 Å². The van der Waals surface area contributed by atoms with E-state index in [2.05, 4.69) is 44.7 Å². The second-order valence-electron chi connectivity index (χ2n) is 6.82. The van der Waals surface area contributed by atoms with E-state index in [0.717, 1.165) is 25.3 Å². The molecule has 0 spiro atoms. The third-order valence-corrected chi connectivity index (χ3v) is 4.95. The number of piperidine rings is 1. The first kappa shape index (κ1) is 17.7. The van der Waals surface area contributed by atoms with Gasteiger partial charge in [-0.15, -0.1) is 11.6 Å². The SMILES string of the molecule is CCOC1=C2C(C(C)CC(C)(C)N2CCCl)C(OCC)C=C1. The van der Waals surface area contributed by atoms with Crippen LogP contribution in [0, 0.1) is 11.8 Å². The van der Waals surface area contributed by atoms with Crippen LogP contribution in [0.4, 0.5) is 0 Å². The number of likely N-dealkylation sites (tertiary alicyclic amines) is 1. The van der Waals surface area contributed by atoms with Gasteiger partial charge in [0.2, 0.25) is 0 Å². The fourth-order valence-electron chi connectivity index (χ4n) is 4.10. The molecule has 0 radical (unpaired) electrons. The predicted octanol–water partition coefficient (Wildman–Crippen LogP) is 4.18. The highest BCUT2D eigenvalue weighted by molar-refractivity contribution is 6.18. The summed E-state index contributed by atoms with van der Waals surface area (Å²) in [6.45, 7) is 13.3. The summed E-state index contributed by atoms with van der Waals surface area (Å²) in [5.41, 5.74) is 1.37. The first-order valence-electron chi connectivity index (χ1n) is 8.46. The van der Waals surface area contributed by atoms with E-state index in [9.17, 15) is 0 Å². The number of allylic oxidation sites excluding steroid dienone is 1. The van der Waals surface area contributed by atoms with Crippen molar-refractivity contribution in [2.45, 2.75) is 52.7 Å². The van der Waals surface area contributed by atoms with Crippen molar-refractivity contribution in [3.05, 3.63) is 23.6 Å². The molecule has 0 bridgehead atoms. The molecule has 1 heterocycles. The molecular weight excluding hydrogens is 298 g/mol. The first-order chi connectivity index (χ1) is 10.5. The Bertz CT molecular complexity index is 444. The Morgan fingerprint density at radius 3 is 2.64 bits per heavy atom. The van der Waals surface area contributed by atoms with Gasteiger partial charge in [-0.2, -0.15) is 0 Å². The number of nitrogens with zero attached hydrogens (tertiary/aromatic N) is 1. The number of ether oxygens (including phenoxy) is 2. The maximum atomic E-state index is 6.10. The van der Waals surface area contributed by atoms with Crippen molar-refractivity contribution in [1.29, 1.82) is 0 Å². The number of hydrogen-bond donors (Lipinski definition) is 0. The molecule has 0 amide bonds. The van der Waals surface area contributed by atoms with E-state index in [4.69, 9.17) is 21.1 Å². The maximum absolute atomic E-state index is 6.10. The third kappa shape index (κ3) is 3.30. The molecule has 3 unspecified atom stereocenters. The van der Waals surface area contributed by atoms with Crippen LogP contribution in [0.3, 0.4) is 0 Å². The molecule has 126 valence electrons. The molecule has 2 rings (SSSR count). The molecule has 0 aromatic heterocycles. The van der Waals surface area contributed by atoms with Crippen molar-refractivity contribution in [3.8, 4) is 0 Å². The fourth-order valence-corrected chi connectivity index (χ4v) is 4.27. The van der Waals surface area contributed by atoms with E-state index in [-0.39, 0.29) is 11.6 Å². The second-order valence-corrected chi connectivity index (χ2v) is 7.20. The lowest BCUT2D eigenvalue weighted by atomic mass is 9.71. The van der Waals surface area contributed by atoms with Gasteiger partial charge in [-0.1, -0.05) is 13.0 Å². The molecule has 22 heavy (non-hydrogen) atoms. The van der Waals surface area contributed by atoms with Gasteiger partial charge in [-0.3, -0.25) is 0 Å². The van der Waals surface area contributed by atoms with Crippen molar-refractivity contribution in [2.75, 3.05) is 25.6 Å². The van der Waals surface area contributed by atoms with Crippen molar-refractivity contribution in [3.63, 3.8) is 0 Å². The van der Waals surface area contributed by atoms with Gasteiger partial charge in [-0.05, 0) is 46.1 Å². The molecule has 3 nitrogen and oxygen atoms in total. The summed E-state index contributed by atoms with van der Waals surface area (Å²) in [6.07, 6.45) is 5.52. The Kier molecular flexibility index (Phi) is 5.84. The van der Waals surface area contributed by atoms with Crippen LogP contribution in [-0.4, -0.2) is 42.2 Å². The number of hydrogen-bond acceptors (Lipinski definition) is 3. The molecule has 0 aromatic carbocycles. The number of rotatable bonds is 6. The minimum absolute atomic E-state index is 0.0877. The van der Waals surface area contributed by atoms with Gasteiger partial charge in [0.05, 0.1) is 18.4 Å². The lowest BCUT2D eigenvalue weighted by Crippen LogP contribution is -2.55. The zero-order valence-corrected chi connectivity index (χ0v) is 15.3. The quantitative estimate of drug-likeness (QED) is 0.683. The Labute approximate surface area is 140 Å². The number of alkyl halides is 1. The first-order valence-corrected chi connectivity index (χ1v) is 9.00. The molecule has 1 aliphatic carbocycles. The molecule has 1 saturated heterocycles. The monoisotopic (exact) mass is 327 g/mol. The minimum atomic E-state index is 0.0877. The summed E-state index contributed by atoms with van der Waals surface area (Å²) < 4.78 is 12.0. The van der Waals surface area contributed by atoms with Gasteiger partial charge >= 0.3 is 0 Å². The zero-order chi connectivity index (χ0) is 16.3. The maximum Gasteiger partial charge on any atom is 0.138 e. The summed E-state index contributed by atoms with van der Waals surface area (Å²) in [5, 5.41) is 0. The van der Waals surface area contributed by atoms with Gasteiger partial charge in [0, 0.05) is 30.5 Å².